The standard InChI is InChI=1S/C21H29FN4O3/c1-13(10-22)25-21-24-12-18-19(26-21)17(14-2-4-15(27)5-3-14)11-23-20(18)29-16-6-8-28-9-7-16/h11-16,27H,2-10H2,1H3,(H,24,25,26)/t13-,14-,15-/m1/s1. The fourth-order valence-corrected chi connectivity index (χ4v) is 4.08. The monoisotopic (exact) mass is 404 g/mol. The fourth-order valence-electron chi connectivity index (χ4n) is 4.08. The smallest absolute Gasteiger partial charge is 0.224 e. The second-order valence-electron chi connectivity index (χ2n) is 8.11. The van der Waals surface area contributed by atoms with Gasteiger partial charge in [0.15, 0.2) is 0 Å². The molecule has 0 aromatic carbocycles. The molecular formula is C21H29FN4O3. The summed E-state index contributed by atoms with van der Waals surface area (Å²) in [6.45, 7) is 2.64. The minimum atomic E-state index is -0.497. The van der Waals surface area contributed by atoms with Gasteiger partial charge in [0.1, 0.15) is 12.8 Å². The lowest BCUT2D eigenvalue weighted by atomic mass is 9.83. The van der Waals surface area contributed by atoms with Crippen molar-refractivity contribution in [2.75, 3.05) is 25.2 Å². The Morgan fingerprint density at radius 3 is 2.66 bits per heavy atom. The van der Waals surface area contributed by atoms with Gasteiger partial charge in [-0.15, -0.1) is 0 Å². The van der Waals surface area contributed by atoms with Crippen LogP contribution in [0, 0.1) is 0 Å². The van der Waals surface area contributed by atoms with Crippen molar-refractivity contribution >= 4 is 16.9 Å². The Labute approximate surface area is 170 Å². The summed E-state index contributed by atoms with van der Waals surface area (Å²) in [6, 6.07) is -0.361. The van der Waals surface area contributed by atoms with Crippen LogP contribution < -0.4 is 10.1 Å². The highest BCUT2D eigenvalue weighted by Gasteiger charge is 2.26. The molecule has 1 saturated heterocycles. The number of hydrogen-bond donors (Lipinski definition) is 2. The number of ether oxygens (including phenoxy) is 2. The number of pyridine rings is 1. The molecule has 0 amide bonds. The van der Waals surface area contributed by atoms with Crippen molar-refractivity contribution in [1.29, 1.82) is 0 Å². The maximum Gasteiger partial charge on any atom is 0.224 e. The van der Waals surface area contributed by atoms with E-state index in [0.717, 1.165) is 55.0 Å². The van der Waals surface area contributed by atoms with Gasteiger partial charge in [0.25, 0.3) is 0 Å². The Balaban J connectivity index is 1.69. The van der Waals surface area contributed by atoms with Gasteiger partial charge in [-0.25, -0.2) is 19.3 Å². The Kier molecular flexibility index (Phi) is 6.40. The topological polar surface area (TPSA) is 89.4 Å². The van der Waals surface area contributed by atoms with Crippen LogP contribution in [0.5, 0.6) is 5.88 Å². The third-order valence-electron chi connectivity index (χ3n) is 5.80. The zero-order valence-electron chi connectivity index (χ0n) is 16.8. The number of fused-ring (bicyclic) bond motifs is 1. The van der Waals surface area contributed by atoms with E-state index >= 15 is 0 Å². The van der Waals surface area contributed by atoms with E-state index < -0.39 is 6.67 Å². The molecule has 2 aliphatic rings. The summed E-state index contributed by atoms with van der Waals surface area (Å²) in [4.78, 5) is 13.7. The molecule has 2 aromatic heterocycles. The molecule has 2 fully saturated rings. The second kappa shape index (κ2) is 9.17. The zero-order chi connectivity index (χ0) is 20.2. The van der Waals surface area contributed by atoms with E-state index in [-0.39, 0.29) is 24.2 Å². The minimum Gasteiger partial charge on any atom is -0.474 e. The SMILES string of the molecule is C[C@H](CF)Nc1ncc2c(OC3CCOCC3)ncc([C@H]3CC[C@H](O)CC3)c2n1. The number of nitrogens with zero attached hydrogens (tertiary/aromatic N) is 3. The first-order valence-electron chi connectivity index (χ1n) is 10.5. The number of aliphatic hydroxyl groups excluding tert-OH is 1. The summed E-state index contributed by atoms with van der Waals surface area (Å²) < 4.78 is 24.5. The molecule has 1 aliphatic heterocycles. The summed E-state index contributed by atoms with van der Waals surface area (Å²) >= 11 is 0. The van der Waals surface area contributed by atoms with Crippen molar-refractivity contribution in [2.24, 2.45) is 0 Å². The average molecular weight is 404 g/mol. The van der Waals surface area contributed by atoms with E-state index in [1.807, 2.05) is 6.20 Å². The number of hydrogen-bond acceptors (Lipinski definition) is 7. The van der Waals surface area contributed by atoms with Gasteiger partial charge in [0, 0.05) is 30.8 Å². The van der Waals surface area contributed by atoms with Gasteiger partial charge in [-0.3, -0.25) is 0 Å². The van der Waals surface area contributed by atoms with Crippen LogP contribution in [0.4, 0.5) is 10.3 Å². The molecule has 1 aliphatic carbocycles. The molecule has 0 bridgehead atoms. The van der Waals surface area contributed by atoms with E-state index in [1.165, 1.54) is 0 Å². The molecular weight excluding hydrogens is 375 g/mol. The van der Waals surface area contributed by atoms with Crippen LogP contribution in [0.3, 0.4) is 0 Å². The zero-order valence-corrected chi connectivity index (χ0v) is 16.8. The van der Waals surface area contributed by atoms with Crippen LogP contribution in [0.25, 0.3) is 10.9 Å². The van der Waals surface area contributed by atoms with E-state index in [2.05, 4.69) is 15.3 Å². The molecule has 2 N–H and O–H groups in total. The van der Waals surface area contributed by atoms with E-state index in [9.17, 15) is 9.50 Å². The van der Waals surface area contributed by atoms with Gasteiger partial charge in [-0.2, -0.15) is 0 Å². The van der Waals surface area contributed by atoms with Gasteiger partial charge < -0.3 is 19.9 Å². The van der Waals surface area contributed by atoms with Crippen LogP contribution in [-0.2, 0) is 4.74 Å². The highest BCUT2D eigenvalue weighted by Crippen LogP contribution is 2.38. The van der Waals surface area contributed by atoms with Crippen LogP contribution in [0.15, 0.2) is 12.4 Å². The summed E-state index contributed by atoms with van der Waals surface area (Å²) in [5.74, 6) is 1.23. The number of aromatic nitrogens is 3. The van der Waals surface area contributed by atoms with Gasteiger partial charge in [0.05, 0.1) is 36.3 Å². The number of anilines is 1. The van der Waals surface area contributed by atoms with Crippen LogP contribution in [0.2, 0.25) is 0 Å². The third kappa shape index (κ3) is 4.75. The summed E-state index contributed by atoms with van der Waals surface area (Å²) in [6.07, 6.45) is 8.44. The fraction of sp³-hybridized carbons (Fsp3) is 0.667. The lowest BCUT2D eigenvalue weighted by Gasteiger charge is -2.27. The summed E-state index contributed by atoms with van der Waals surface area (Å²) in [5.41, 5.74) is 1.84. The highest BCUT2D eigenvalue weighted by molar-refractivity contribution is 5.86. The molecule has 0 unspecified atom stereocenters. The van der Waals surface area contributed by atoms with Crippen LogP contribution in [-0.4, -0.2) is 58.2 Å². The maximum atomic E-state index is 12.9. The lowest BCUT2D eigenvalue weighted by molar-refractivity contribution is 0.0244. The van der Waals surface area contributed by atoms with Crippen molar-refractivity contribution in [3.8, 4) is 5.88 Å². The van der Waals surface area contributed by atoms with Crippen LogP contribution in [0.1, 0.15) is 56.9 Å². The molecule has 2 aromatic rings. The normalized spacial score (nSPS) is 24.4. The Bertz CT molecular complexity index is 823. The molecule has 0 spiro atoms. The quantitative estimate of drug-likeness (QED) is 0.763. The predicted octanol–water partition coefficient (Wildman–Crippen LogP) is 3.37. The lowest BCUT2D eigenvalue weighted by Crippen LogP contribution is -2.26. The minimum absolute atomic E-state index is 0.0690. The maximum absolute atomic E-state index is 12.9. The largest absolute Gasteiger partial charge is 0.474 e. The number of halogens is 1. The summed E-state index contributed by atoms with van der Waals surface area (Å²) in [5, 5.41) is 13.7. The number of aliphatic hydroxyl groups is 1. The van der Waals surface area contributed by atoms with Crippen LogP contribution >= 0.6 is 0 Å². The van der Waals surface area contributed by atoms with Crippen molar-refractivity contribution < 1.29 is 19.0 Å². The first kappa shape index (κ1) is 20.2. The number of nitrogens with one attached hydrogen (secondary N) is 1. The Morgan fingerprint density at radius 2 is 1.93 bits per heavy atom. The van der Waals surface area contributed by atoms with Crippen molar-refractivity contribution in [2.45, 2.75) is 69.6 Å². The molecule has 7 nitrogen and oxygen atoms in total. The second-order valence-corrected chi connectivity index (χ2v) is 8.11. The molecule has 4 rings (SSSR count). The van der Waals surface area contributed by atoms with Crippen molar-refractivity contribution in [3.05, 3.63) is 18.0 Å². The van der Waals surface area contributed by atoms with Gasteiger partial charge >= 0.3 is 0 Å². The first-order valence-corrected chi connectivity index (χ1v) is 10.5. The molecule has 0 radical (unpaired) electrons. The summed E-state index contributed by atoms with van der Waals surface area (Å²) in [7, 11) is 0. The number of alkyl halides is 1. The predicted molar refractivity (Wildman–Crippen MR) is 108 cm³/mol. The van der Waals surface area contributed by atoms with Crippen molar-refractivity contribution in [1.82, 2.24) is 15.0 Å². The first-order chi connectivity index (χ1) is 14.1. The highest BCUT2D eigenvalue weighted by atomic mass is 19.1. The molecule has 1 atom stereocenters. The van der Waals surface area contributed by atoms with E-state index in [4.69, 9.17) is 14.5 Å². The third-order valence-corrected chi connectivity index (χ3v) is 5.80. The van der Waals surface area contributed by atoms with Gasteiger partial charge in [-0.1, -0.05) is 0 Å². The van der Waals surface area contributed by atoms with E-state index in [1.54, 1.807) is 13.1 Å². The molecule has 158 valence electrons. The van der Waals surface area contributed by atoms with Gasteiger partial charge in [0.2, 0.25) is 11.8 Å². The molecule has 1 saturated carbocycles. The Hall–Kier alpha value is -2.06. The van der Waals surface area contributed by atoms with E-state index in [0.29, 0.717) is 25.0 Å². The molecule has 8 heteroatoms. The number of rotatable bonds is 6. The Morgan fingerprint density at radius 1 is 1.17 bits per heavy atom. The molecule has 29 heavy (non-hydrogen) atoms. The molecule has 3 heterocycles. The van der Waals surface area contributed by atoms with Crippen molar-refractivity contribution in [3.63, 3.8) is 0 Å². The van der Waals surface area contributed by atoms with Gasteiger partial charge in [-0.05, 0) is 38.5 Å². The average Bonchev–Trinajstić information content (AvgIpc) is 2.75.